The molecule has 1 N–H and O–H groups in total. The molecule has 0 spiro atoms. The number of carbonyl (C=O) groups excluding carboxylic acids is 2. The van der Waals surface area contributed by atoms with Crippen molar-refractivity contribution in [3.63, 3.8) is 0 Å². The van der Waals surface area contributed by atoms with Crippen molar-refractivity contribution in [2.24, 2.45) is 5.92 Å². The van der Waals surface area contributed by atoms with E-state index < -0.39 is 0 Å². The van der Waals surface area contributed by atoms with Gasteiger partial charge in [-0.1, -0.05) is 6.07 Å². The van der Waals surface area contributed by atoms with E-state index in [4.69, 9.17) is 4.74 Å². The largest absolute Gasteiger partial charge is 0.497 e. The number of ether oxygens (including phenoxy) is 1. The number of hydrogen-bond acceptors (Lipinski definition) is 5. The second kappa shape index (κ2) is 6.15. The lowest BCUT2D eigenvalue weighted by molar-refractivity contribution is -0.122. The van der Waals surface area contributed by atoms with Crippen LogP contribution in [-0.4, -0.2) is 30.5 Å². The molecule has 1 atom stereocenters. The molecular weight excluding hydrogens is 302 g/mol. The fraction of sp³-hybridized carbons (Fsp3) is 0.267. The number of methoxy groups -OCH3 is 1. The lowest BCUT2D eigenvalue weighted by Gasteiger charge is -2.17. The Bertz CT molecular complexity index is 687. The third kappa shape index (κ3) is 2.94. The number of carbonyl (C=O) groups is 2. The summed E-state index contributed by atoms with van der Waals surface area (Å²) < 4.78 is 5.17. The SMILES string of the molecule is COc1cccc(N2CC(C(=O)Nc3nccs3)CC2=O)c1. The van der Waals surface area contributed by atoms with Gasteiger partial charge in [0, 0.05) is 36.3 Å². The Hall–Kier alpha value is -2.41. The number of rotatable bonds is 4. The Labute approximate surface area is 131 Å². The van der Waals surface area contributed by atoms with Crippen molar-refractivity contribution in [1.29, 1.82) is 0 Å². The van der Waals surface area contributed by atoms with Crippen molar-refractivity contribution in [2.75, 3.05) is 23.9 Å². The van der Waals surface area contributed by atoms with Gasteiger partial charge in [0.2, 0.25) is 11.8 Å². The van der Waals surface area contributed by atoms with Crippen LogP contribution in [0.4, 0.5) is 10.8 Å². The van der Waals surface area contributed by atoms with Crippen molar-refractivity contribution in [3.8, 4) is 5.75 Å². The zero-order chi connectivity index (χ0) is 15.5. The Morgan fingerprint density at radius 1 is 1.50 bits per heavy atom. The topological polar surface area (TPSA) is 71.5 Å². The minimum Gasteiger partial charge on any atom is -0.497 e. The average Bonchev–Trinajstić information content (AvgIpc) is 3.17. The summed E-state index contributed by atoms with van der Waals surface area (Å²) in [6.07, 6.45) is 1.83. The van der Waals surface area contributed by atoms with Gasteiger partial charge in [-0.25, -0.2) is 4.98 Å². The minimum absolute atomic E-state index is 0.0625. The molecule has 0 aliphatic carbocycles. The highest BCUT2D eigenvalue weighted by Crippen LogP contribution is 2.28. The highest BCUT2D eigenvalue weighted by molar-refractivity contribution is 7.13. The van der Waals surface area contributed by atoms with Gasteiger partial charge < -0.3 is 15.0 Å². The molecule has 0 bridgehead atoms. The standard InChI is InChI=1S/C15H15N3O3S/c1-21-12-4-2-3-11(8-12)18-9-10(7-13(18)19)14(20)17-15-16-5-6-22-15/h2-6,8,10H,7,9H2,1H3,(H,16,17,20). The van der Waals surface area contributed by atoms with Crippen LogP contribution < -0.4 is 15.0 Å². The third-order valence-electron chi connectivity index (χ3n) is 3.52. The van der Waals surface area contributed by atoms with Gasteiger partial charge >= 0.3 is 0 Å². The van der Waals surface area contributed by atoms with Gasteiger partial charge in [0.05, 0.1) is 13.0 Å². The zero-order valence-corrected chi connectivity index (χ0v) is 12.8. The van der Waals surface area contributed by atoms with Gasteiger partial charge in [0.25, 0.3) is 0 Å². The molecule has 0 saturated carbocycles. The fourth-order valence-electron chi connectivity index (χ4n) is 2.40. The smallest absolute Gasteiger partial charge is 0.231 e. The van der Waals surface area contributed by atoms with Crippen LogP contribution in [0.1, 0.15) is 6.42 Å². The summed E-state index contributed by atoms with van der Waals surface area (Å²) in [7, 11) is 1.58. The lowest BCUT2D eigenvalue weighted by atomic mass is 10.1. The van der Waals surface area contributed by atoms with E-state index in [9.17, 15) is 9.59 Å². The molecule has 1 saturated heterocycles. The number of nitrogens with zero attached hydrogens (tertiary/aromatic N) is 2. The van der Waals surface area contributed by atoms with Crippen LogP contribution in [0, 0.1) is 5.92 Å². The Morgan fingerprint density at radius 2 is 2.36 bits per heavy atom. The number of nitrogens with one attached hydrogen (secondary N) is 1. The van der Waals surface area contributed by atoms with Crippen LogP contribution in [0.3, 0.4) is 0 Å². The maximum absolute atomic E-state index is 12.2. The predicted octanol–water partition coefficient (Wildman–Crippen LogP) is 2.14. The average molecular weight is 317 g/mol. The van der Waals surface area contributed by atoms with E-state index in [0.717, 1.165) is 5.69 Å². The highest BCUT2D eigenvalue weighted by Gasteiger charge is 2.35. The molecule has 0 radical (unpaired) electrons. The van der Waals surface area contributed by atoms with E-state index in [2.05, 4.69) is 10.3 Å². The van der Waals surface area contributed by atoms with E-state index in [0.29, 0.717) is 17.4 Å². The molecule has 3 rings (SSSR count). The van der Waals surface area contributed by atoms with Gasteiger partial charge in [0.1, 0.15) is 5.75 Å². The molecule has 1 unspecified atom stereocenters. The second-order valence-electron chi connectivity index (χ2n) is 4.93. The van der Waals surface area contributed by atoms with Crippen molar-refractivity contribution in [2.45, 2.75) is 6.42 Å². The number of hydrogen-bond donors (Lipinski definition) is 1. The first-order valence-corrected chi connectivity index (χ1v) is 7.70. The van der Waals surface area contributed by atoms with Gasteiger partial charge in [-0.3, -0.25) is 9.59 Å². The third-order valence-corrected chi connectivity index (χ3v) is 4.21. The Morgan fingerprint density at radius 3 is 3.09 bits per heavy atom. The molecule has 7 heteroatoms. The second-order valence-corrected chi connectivity index (χ2v) is 5.83. The van der Waals surface area contributed by atoms with E-state index >= 15 is 0 Å². The molecule has 6 nitrogen and oxygen atoms in total. The minimum atomic E-state index is -0.373. The van der Waals surface area contributed by atoms with Crippen LogP contribution in [0.15, 0.2) is 35.8 Å². The van der Waals surface area contributed by atoms with Gasteiger partial charge in [-0.15, -0.1) is 11.3 Å². The first-order valence-electron chi connectivity index (χ1n) is 6.82. The summed E-state index contributed by atoms with van der Waals surface area (Å²) in [6, 6.07) is 7.27. The molecule has 2 amide bonds. The van der Waals surface area contributed by atoms with Crippen LogP contribution in [0.2, 0.25) is 0 Å². The number of thiazole rings is 1. The van der Waals surface area contributed by atoms with Crippen LogP contribution in [0.5, 0.6) is 5.75 Å². The fourth-order valence-corrected chi connectivity index (χ4v) is 2.94. The van der Waals surface area contributed by atoms with Gasteiger partial charge in [-0.2, -0.15) is 0 Å². The van der Waals surface area contributed by atoms with Gasteiger partial charge in [-0.05, 0) is 12.1 Å². The molecule has 2 heterocycles. The normalized spacial score (nSPS) is 17.6. The molecule has 1 fully saturated rings. The van der Waals surface area contributed by atoms with Crippen molar-refractivity contribution in [1.82, 2.24) is 4.98 Å². The van der Waals surface area contributed by atoms with Crippen molar-refractivity contribution >= 4 is 34.0 Å². The summed E-state index contributed by atoms with van der Waals surface area (Å²) >= 11 is 1.35. The molecular formula is C15H15N3O3S. The van der Waals surface area contributed by atoms with Gasteiger partial charge in [0.15, 0.2) is 5.13 Å². The molecule has 1 aliphatic heterocycles. The summed E-state index contributed by atoms with van der Waals surface area (Å²) in [5, 5.41) is 5.09. The molecule has 1 aromatic heterocycles. The summed E-state index contributed by atoms with van der Waals surface area (Å²) in [5.74, 6) is 0.0739. The maximum Gasteiger partial charge on any atom is 0.231 e. The molecule has 114 valence electrons. The number of benzene rings is 1. The number of amides is 2. The summed E-state index contributed by atoms with van der Waals surface area (Å²) in [4.78, 5) is 30.0. The Balaban J connectivity index is 1.71. The van der Waals surface area contributed by atoms with Crippen molar-refractivity contribution in [3.05, 3.63) is 35.8 Å². The van der Waals surface area contributed by atoms with Crippen LogP contribution in [0.25, 0.3) is 0 Å². The number of aromatic nitrogens is 1. The first-order chi connectivity index (χ1) is 10.7. The van der Waals surface area contributed by atoms with E-state index in [1.165, 1.54) is 11.3 Å². The monoisotopic (exact) mass is 317 g/mol. The first kappa shape index (κ1) is 14.5. The Kier molecular flexibility index (Phi) is 4.06. The van der Waals surface area contributed by atoms with Crippen molar-refractivity contribution < 1.29 is 14.3 Å². The zero-order valence-electron chi connectivity index (χ0n) is 12.0. The molecule has 1 aliphatic rings. The maximum atomic E-state index is 12.2. The predicted molar refractivity (Wildman–Crippen MR) is 84.2 cm³/mol. The number of anilines is 2. The quantitative estimate of drug-likeness (QED) is 0.938. The van der Waals surface area contributed by atoms with E-state index in [1.807, 2.05) is 18.2 Å². The molecule has 2 aromatic rings. The molecule has 1 aromatic carbocycles. The lowest BCUT2D eigenvalue weighted by Crippen LogP contribution is -2.28. The van der Waals surface area contributed by atoms with Crippen LogP contribution in [-0.2, 0) is 9.59 Å². The summed E-state index contributed by atoms with van der Waals surface area (Å²) in [5.41, 5.74) is 0.744. The van der Waals surface area contributed by atoms with Crippen LogP contribution >= 0.6 is 11.3 Å². The highest BCUT2D eigenvalue weighted by atomic mass is 32.1. The summed E-state index contributed by atoms with van der Waals surface area (Å²) in [6.45, 7) is 0.364. The molecule has 22 heavy (non-hydrogen) atoms. The van der Waals surface area contributed by atoms with E-state index in [1.54, 1.807) is 29.7 Å². The van der Waals surface area contributed by atoms with E-state index in [-0.39, 0.29) is 24.2 Å².